The van der Waals surface area contributed by atoms with Gasteiger partial charge in [-0.1, -0.05) is 40.2 Å². The lowest BCUT2D eigenvalue weighted by atomic mass is 9.95. The van der Waals surface area contributed by atoms with Crippen LogP contribution in [0.5, 0.6) is 5.75 Å². The lowest BCUT2D eigenvalue weighted by Gasteiger charge is -2.27. The van der Waals surface area contributed by atoms with Crippen LogP contribution < -0.4 is 0 Å². The molecule has 1 amide bonds. The molecule has 0 spiro atoms. The number of aliphatic hydroxyl groups excluding tert-OH is 1. The summed E-state index contributed by atoms with van der Waals surface area (Å²) in [5.74, 6) is -1.51. The first-order valence-corrected chi connectivity index (χ1v) is 10.2. The molecular formula is C22H20BrNO5. The number of carbonyl (C=O) groups excluding carboxylic acids is 2. The van der Waals surface area contributed by atoms with Crippen molar-refractivity contribution in [2.24, 2.45) is 0 Å². The van der Waals surface area contributed by atoms with Crippen LogP contribution in [-0.4, -0.2) is 46.1 Å². The van der Waals surface area contributed by atoms with Gasteiger partial charge in [-0.25, -0.2) is 0 Å². The van der Waals surface area contributed by atoms with Crippen molar-refractivity contribution in [3.8, 4) is 5.75 Å². The van der Waals surface area contributed by atoms with Crippen LogP contribution in [0.1, 0.15) is 30.0 Å². The summed E-state index contributed by atoms with van der Waals surface area (Å²) < 4.78 is 6.50. The van der Waals surface area contributed by atoms with Gasteiger partial charge in [-0.3, -0.25) is 9.59 Å². The summed E-state index contributed by atoms with van der Waals surface area (Å²) >= 11 is 3.35. The second kappa shape index (κ2) is 8.00. The molecule has 4 rings (SSSR count). The maximum Gasteiger partial charge on any atom is 0.295 e. The third-order valence-corrected chi connectivity index (χ3v) is 5.82. The molecule has 2 aliphatic rings. The Morgan fingerprint density at radius 3 is 2.41 bits per heavy atom. The number of rotatable bonds is 4. The minimum Gasteiger partial charge on any atom is -0.508 e. The number of halogens is 1. The fourth-order valence-electron chi connectivity index (χ4n) is 3.84. The summed E-state index contributed by atoms with van der Waals surface area (Å²) in [5.41, 5.74) is 1.13. The molecule has 2 aromatic rings. The van der Waals surface area contributed by atoms with Crippen molar-refractivity contribution in [1.82, 2.24) is 4.90 Å². The molecule has 0 aliphatic carbocycles. The fourth-order valence-corrected chi connectivity index (χ4v) is 4.11. The normalized spacial score (nSPS) is 23.7. The minimum atomic E-state index is -0.747. The van der Waals surface area contributed by atoms with Crippen molar-refractivity contribution < 1.29 is 24.5 Å². The number of likely N-dealkylation sites (tertiary alicyclic amines) is 1. The standard InChI is InChI=1S/C22H20BrNO5/c23-15-7-3-14(4-8-15)20(26)18-19(13-5-9-16(25)10-6-13)24(22(28)21(18)27)12-17-2-1-11-29-17/h3-10,17,19,25-26H,1-2,11-12H2/b20-18-. The second-order valence-electron chi connectivity index (χ2n) is 7.18. The van der Waals surface area contributed by atoms with Gasteiger partial charge in [0.2, 0.25) is 0 Å². The van der Waals surface area contributed by atoms with Crippen molar-refractivity contribution >= 4 is 33.4 Å². The zero-order valence-electron chi connectivity index (χ0n) is 15.5. The van der Waals surface area contributed by atoms with Crippen LogP contribution in [0.25, 0.3) is 5.76 Å². The number of amides is 1. The van der Waals surface area contributed by atoms with E-state index < -0.39 is 17.7 Å². The van der Waals surface area contributed by atoms with Crippen LogP contribution in [0.4, 0.5) is 0 Å². The zero-order valence-corrected chi connectivity index (χ0v) is 17.1. The van der Waals surface area contributed by atoms with Crippen molar-refractivity contribution in [3.05, 3.63) is 69.7 Å². The Balaban J connectivity index is 1.81. The number of aliphatic hydroxyl groups is 1. The number of ketones is 1. The highest BCUT2D eigenvalue weighted by atomic mass is 79.9. The summed E-state index contributed by atoms with van der Waals surface area (Å²) in [6.07, 6.45) is 1.59. The number of hydrogen-bond acceptors (Lipinski definition) is 5. The van der Waals surface area contributed by atoms with E-state index in [9.17, 15) is 19.8 Å². The molecule has 7 heteroatoms. The van der Waals surface area contributed by atoms with E-state index in [0.29, 0.717) is 17.7 Å². The Hall–Kier alpha value is -2.64. The van der Waals surface area contributed by atoms with Crippen molar-refractivity contribution in [2.75, 3.05) is 13.2 Å². The van der Waals surface area contributed by atoms with Crippen LogP contribution >= 0.6 is 15.9 Å². The van der Waals surface area contributed by atoms with Gasteiger partial charge in [-0.15, -0.1) is 0 Å². The number of carbonyl (C=O) groups is 2. The molecule has 2 unspecified atom stereocenters. The number of phenols is 1. The van der Waals surface area contributed by atoms with Crippen LogP contribution in [0.15, 0.2) is 58.6 Å². The van der Waals surface area contributed by atoms with Gasteiger partial charge in [-0.2, -0.15) is 0 Å². The fraction of sp³-hybridized carbons (Fsp3) is 0.273. The van der Waals surface area contributed by atoms with Crippen molar-refractivity contribution in [1.29, 1.82) is 0 Å². The highest BCUT2D eigenvalue weighted by Gasteiger charge is 2.47. The molecule has 2 aliphatic heterocycles. The third-order valence-electron chi connectivity index (χ3n) is 5.29. The van der Waals surface area contributed by atoms with Gasteiger partial charge in [-0.05, 0) is 42.7 Å². The lowest BCUT2D eigenvalue weighted by molar-refractivity contribution is -0.140. The smallest absolute Gasteiger partial charge is 0.295 e. The largest absolute Gasteiger partial charge is 0.508 e. The molecule has 2 saturated heterocycles. The average Bonchev–Trinajstić information content (AvgIpc) is 3.31. The zero-order chi connectivity index (χ0) is 20.5. The molecule has 2 atom stereocenters. The predicted octanol–water partition coefficient (Wildman–Crippen LogP) is 3.76. The first-order chi connectivity index (χ1) is 14.0. The second-order valence-corrected chi connectivity index (χ2v) is 8.10. The Kier molecular flexibility index (Phi) is 5.43. The quantitative estimate of drug-likeness (QED) is 0.414. The number of Topliss-reactive ketones (excluding diaryl/α,β-unsaturated/α-hetero) is 1. The summed E-state index contributed by atoms with van der Waals surface area (Å²) in [6, 6.07) is 12.4. The molecule has 150 valence electrons. The number of hydrogen-bond donors (Lipinski definition) is 2. The number of aromatic hydroxyl groups is 1. The van der Waals surface area contributed by atoms with E-state index >= 15 is 0 Å². The molecule has 2 aromatic carbocycles. The van der Waals surface area contributed by atoms with E-state index in [-0.39, 0.29) is 29.7 Å². The molecule has 29 heavy (non-hydrogen) atoms. The molecule has 0 radical (unpaired) electrons. The Labute approximate surface area is 176 Å². The number of ether oxygens (including phenoxy) is 1. The maximum absolute atomic E-state index is 12.9. The monoisotopic (exact) mass is 457 g/mol. The number of benzene rings is 2. The van der Waals surface area contributed by atoms with Crippen molar-refractivity contribution in [2.45, 2.75) is 25.0 Å². The molecule has 6 nitrogen and oxygen atoms in total. The van der Waals surface area contributed by atoms with Gasteiger partial charge < -0.3 is 19.8 Å². The molecule has 2 fully saturated rings. The summed E-state index contributed by atoms with van der Waals surface area (Å²) in [6.45, 7) is 0.907. The van der Waals surface area contributed by atoms with Gasteiger partial charge in [0.25, 0.3) is 11.7 Å². The van der Waals surface area contributed by atoms with Gasteiger partial charge in [0.15, 0.2) is 0 Å². The summed E-state index contributed by atoms with van der Waals surface area (Å²) in [5, 5.41) is 20.6. The van der Waals surface area contributed by atoms with Gasteiger partial charge >= 0.3 is 0 Å². The third kappa shape index (κ3) is 3.80. The summed E-state index contributed by atoms with van der Waals surface area (Å²) in [4.78, 5) is 27.2. The molecule has 0 saturated carbocycles. The predicted molar refractivity (Wildman–Crippen MR) is 110 cm³/mol. The Bertz CT molecular complexity index is 962. The van der Waals surface area contributed by atoms with Crippen LogP contribution in [0.2, 0.25) is 0 Å². The first-order valence-electron chi connectivity index (χ1n) is 9.40. The van der Waals surface area contributed by atoms with Crippen LogP contribution in [0.3, 0.4) is 0 Å². The van der Waals surface area contributed by atoms with Gasteiger partial charge in [0.1, 0.15) is 11.5 Å². The maximum atomic E-state index is 12.9. The number of phenolic OH excluding ortho intramolecular Hbond substituents is 1. The van der Waals surface area contributed by atoms with E-state index in [2.05, 4.69) is 15.9 Å². The molecular weight excluding hydrogens is 438 g/mol. The Morgan fingerprint density at radius 1 is 1.10 bits per heavy atom. The molecule has 2 N–H and O–H groups in total. The highest BCUT2D eigenvalue weighted by molar-refractivity contribution is 9.10. The first kappa shape index (κ1) is 19.7. The minimum absolute atomic E-state index is 0.0426. The van der Waals surface area contributed by atoms with Gasteiger partial charge in [0.05, 0.1) is 17.7 Å². The van der Waals surface area contributed by atoms with E-state index in [1.54, 1.807) is 36.4 Å². The van der Waals surface area contributed by atoms with Crippen LogP contribution in [-0.2, 0) is 14.3 Å². The number of nitrogens with zero attached hydrogens (tertiary/aromatic N) is 1. The highest BCUT2D eigenvalue weighted by Crippen LogP contribution is 2.40. The van der Waals surface area contributed by atoms with E-state index in [0.717, 1.165) is 17.3 Å². The topological polar surface area (TPSA) is 87.1 Å². The van der Waals surface area contributed by atoms with Crippen LogP contribution in [0, 0.1) is 0 Å². The Morgan fingerprint density at radius 2 is 1.79 bits per heavy atom. The summed E-state index contributed by atoms with van der Waals surface area (Å²) in [7, 11) is 0. The van der Waals surface area contributed by atoms with E-state index in [4.69, 9.17) is 4.74 Å². The average molecular weight is 458 g/mol. The van der Waals surface area contributed by atoms with Crippen molar-refractivity contribution in [3.63, 3.8) is 0 Å². The lowest BCUT2D eigenvalue weighted by Crippen LogP contribution is -2.36. The molecule has 2 heterocycles. The SMILES string of the molecule is O=C1C(=O)N(CC2CCCO2)C(c2ccc(O)cc2)/C1=C(/O)c1ccc(Br)cc1. The van der Waals surface area contributed by atoms with E-state index in [1.165, 1.54) is 17.0 Å². The van der Waals surface area contributed by atoms with Gasteiger partial charge in [0, 0.05) is 23.2 Å². The van der Waals surface area contributed by atoms with E-state index in [1.807, 2.05) is 0 Å². The molecule has 0 bridgehead atoms. The molecule has 0 aromatic heterocycles.